The van der Waals surface area contributed by atoms with Crippen molar-refractivity contribution in [3.8, 4) is 0 Å². The van der Waals surface area contributed by atoms with Crippen molar-refractivity contribution in [2.75, 3.05) is 39.8 Å². The molecule has 0 aromatic rings. The lowest BCUT2D eigenvalue weighted by Gasteiger charge is -2.50. The molecule has 1 heterocycles. The zero-order chi connectivity index (χ0) is 14.7. The molecule has 1 aliphatic rings. The number of likely N-dealkylation sites (N-methyl/N-ethyl adjacent to an activating group) is 1. The van der Waals surface area contributed by atoms with Gasteiger partial charge in [-0.1, -0.05) is 27.2 Å². The largest absolute Gasteiger partial charge is 0.320 e. The van der Waals surface area contributed by atoms with Crippen LogP contribution in [0.25, 0.3) is 0 Å². The first-order chi connectivity index (χ1) is 8.54. The van der Waals surface area contributed by atoms with Crippen molar-refractivity contribution < 1.29 is 4.48 Å². The van der Waals surface area contributed by atoms with E-state index in [9.17, 15) is 0 Å². The zero-order valence-electron chi connectivity index (χ0n) is 14.6. The van der Waals surface area contributed by atoms with E-state index in [1.807, 2.05) is 0 Å². The maximum absolute atomic E-state index is 2.68. The monoisotopic (exact) mass is 269 g/mol. The van der Waals surface area contributed by atoms with Crippen LogP contribution >= 0.6 is 0 Å². The molecule has 2 nitrogen and oxygen atoms in total. The van der Waals surface area contributed by atoms with E-state index in [2.05, 4.69) is 53.5 Å². The number of nitrogens with zero attached hydrogens (tertiary/aromatic N) is 2. The van der Waals surface area contributed by atoms with Gasteiger partial charge in [-0.25, -0.2) is 0 Å². The zero-order valence-corrected chi connectivity index (χ0v) is 14.6. The quantitative estimate of drug-likeness (QED) is 0.555. The van der Waals surface area contributed by atoms with Gasteiger partial charge in [-0.15, -0.1) is 0 Å². The van der Waals surface area contributed by atoms with Crippen LogP contribution in [-0.2, 0) is 0 Å². The van der Waals surface area contributed by atoms with Gasteiger partial charge in [0.2, 0.25) is 0 Å². The molecule has 0 spiro atoms. The third-order valence-corrected chi connectivity index (χ3v) is 5.09. The summed E-state index contributed by atoms with van der Waals surface area (Å²) >= 11 is 0. The van der Waals surface area contributed by atoms with Crippen LogP contribution in [0.4, 0.5) is 0 Å². The molecule has 0 radical (unpaired) electrons. The van der Waals surface area contributed by atoms with E-state index in [0.29, 0.717) is 11.0 Å². The topological polar surface area (TPSA) is 3.24 Å². The van der Waals surface area contributed by atoms with Gasteiger partial charge in [0.15, 0.2) is 0 Å². The second-order valence-electron chi connectivity index (χ2n) is 8.87. The Kier molecular flexibility index (Phi) is 5.48. The summed E-state index contributed by atoms with van der Waals surface area (Å²) in [5.74, 6) is 0. The minimum absolute atomic E-state index is 0.387. The highest BCUT2D eigenvalue weighted by atomic mass is 15.4. The van der Waals surface area contributed by atoms with E-state index in [0.717, 1.165) is 0 Å². The minimum atomic E-state index is 0.387. The molecule has 2 heteroatoms. The summed E-state index contributed by atoms with van der Waals surface area (Å²) in [5, 5.41) is 0. The first kappa shape index (κ1) is 17.0. The van der Waals surface area contributed by atoms with Crippen molar-refractivity contribution in [1.82, 2.24) is 4.90 Å². The Balaban J connectivity index is 2.24. The molecular formula is C17H37N2+. The van der Waals surface area contributed by atoms with Crippen LogP contribution in [0.1, 0.15) is 60.8 Å². The molecule has 0 bridgehead atoms. The Bertz CT molecular complexity index is 262. The van der Waals surface area contributed by atoms with Crippen molar-refractivity contribution in [3.63, 3.8) is 0 Å². The lowest BCUT2D eigenvalue weighted by Crippen LogP contribution is -2.65. The third kappa shape index (κ3) is 5.43. The Labute approximate surface area is 121 Å². The summed E-state index contributed by atoms with van der Waals surface area (Å²) in [6, 6.07) is 0. The highest BCUT2D eigenvalue weighted by molar-refractivity contribution is 4.71. The fourth-order valence-corrected chi connectivity index (χ4v) is 2.83. The predicted octanol–water partition coefficient (Wildman–Crippen LogP) is 3.76. The second-order valence-corrected chi connectivity index (χ2v) is 8.87. The second kappa shape index (κ2) is 6.13. The van der Waals surface area contributed by atoms with Gasteiger partial charge in [-0.2, -0.15) is 0 Å². The Morgan fingerprint density at radius 3 is 1.84 bits per heavy atom. The van der Waals surface area contributed by atoms with Crippen LogP contribution in [0.3, 0.4) is 0 Å². The van der Waals surface area contributed by atoms with E-state index in [-0.39, 0.29) is 0 Å². The molecular weight excluding hydrogens is 232 g/mol. The number of hydrogen-bond donors (Lipinski definition) is 0. The van der Waals surface area contributed by atoms with Gasteiger partial charge in [0.25, 0.3) is 0 Å². The molecule has 0 amide bonds. The van der Waals surface area contributed by atoms with Crippen molar-refractivity contribution in [2.45, 2.75) is 66.3 Å². The summed E-state index contributed by atoms with van der Waals surface area (Å²) in [6.45, 7) is 20.7. The summed E-state index contributed by atoms with van der Waals surface area (Å²) in [7, 11) is 2.43. The van der Waals surface area contributed by atoms with Crippen molar-refractivity contribution >= 4 is 0 Å². The number of piperazine rings is 1. The summed E-state index contributed by atoms with van der Waals surface area (Å²) in [6.07, 6.45) is 4.11. The van der Waals surface area contributed by atoms with Gasteiger partial charge in [-0.05, 0) is 45.6 Å². The van der Waals surface area contributed by atoms with E-state index in [1.54, 1.807) is 0 Å². The molecule has 0 unspecified atom stereocenters. The normalized spacial score (nSPS) is 21.6. The van der Waals surface area contributed by atoms with Gasteiger partial charge in [0.1, 0.15) is 0 Å². The maximum atomic E-state index is 2.68. The molecule has 0 aromatic heterocycles. The van der Waals surface area contributed by atoms with Gasteiger partial charge in [0, 0.05) is 13.1 Å². The number of rotatable bonds is 4. The Morgan fingerprint density at radius 2 is 1.42 bits per heavy atom. The lowest BCUT2D eigenvalue weighted by molar-refractivity contribution is -0.957. The summed E-state index contributed by atoms with van der Waals surface area (Å²) < 4.78 is 1.23. The fraction of sp³-hybridized carbons (Fsp3) is 1.00. The molecule has 0 aliphatic carbocycles. The number of hydrogen-bond acceptors (Lipinski definition) is 1. The smallest absolute Gasteiger partial charge is 0.0918 e. The third-order valence-electron chi connectivity index (χ3n) is 5.09. The lowest BCUT2D eigenvalue weighted by atomic mass is 9.90. The highest BCUT2D eigenvalue weighted by Crippen LogP contribution is 2.25. The number of quaternary nitrogens is 1. The fourth-order valence-electron chi connectivity index (χ4n) is 2.83. The van der Waals surface area contributed by atoms with Crippen molar-refractivity contribution in [2.24, 2.45) is 5.41 Å². The SMILES string of the molecule is CC(C)(C)CCCCN1CC[N+](C)(C(C)(C)C)CC1. The molecule has 1 rings (SSSR count). The minimum Gasteiger partial charge on any atom is -0.320 e. The van der Waals surface area contributed by atoms with Gasteiger partial charge < -0.3 is 4.48 Å². The van der Waals surface area contributed by atoms with Crippen LogP contribution in [0.15, 0.2) is 0 Å². The van der Waals surface area contributed by atoms with Gasteiger partial charge in [0.05, 0.1) is 25.7 Å². The average Bonchev–Trinajstić information content (AvgIpc) is 2.24. The molecule has 0 aromatic carbocycles. The van der Waals surface area contributed by atoms with E-state index < -0.39 is 0 Å². The molecule has 1 fully saturated rings. The van der Waals surface area contributed by atoms with Crippen LogP contribution in [0.2, 0.25) is 0 Å². The molecule has 114 valence electrons. The van der Waals surface area contributed by atoms with Gasteiger partial charge >= 0.3 is 0 Å². The predicted molar refractivity (Wildman–Crippen MR) is 85.4 cm³/mol. The molecule has 0 saturated carbocycles. The molecule has 19 heavy (non-hydrogen) atoms. The first-order valence-corrected chi connectivity index (χ1v) is 8.11. The van der Waals surface area contributed by atoms with Crippen molar-refractivity contribution in [1.29, 1.82) is 0 Å². The van der Waals surface area contributed by atoms with E-state index >= 15 is 0 Å². The van der Waals surface area contributed by atoms with Gasteiger partial charge in [-0.3, -0.25) is 4.90 Å². The van der Waals surface area contributed by atoms with Crippen molar-refractivity contribution in [3.05, 3.63) is 0 Å². The van der Waals surface area contributed by atoms with Crippen LogP contribution in [0.5, 0.6) is 0 Å². The van der Waals surface area contributed by atoms with E-state index in [4.69, 9.17) is 0 Å². The first-order valence-electron chi connectivity index (χ1n) is 8.11. The molecule has 1 saturated heterocycles. The standard InChI is InChI=1S/C17H37N2/c1-16(2,3)10-8-9-11-18-12-14-19(7,15-13-18)17(4,5)6/h8-15H2,1-7H3/q+1. The number of unbranched alkanes of at least 4 members (excludes halogenated alkanes) is 1. The molecule has 0 N–H and O–H groups in total. The van der Waals surface area contributed by atoms with Crippen LogP contribution < -0.4 is 0 Å². The highest BCUT2D eigenvalue weighted by Gasteiger charge is 2.38. The Morgan fingerprint density at radius 1 is 0.895 bits per heavy atom. The van der Waals surface area contributed by atoms with Crippen LogP contribution in [-0.4, -0.2) is 54.7 Å². The summed E-state index contributed by atoms with van der Waals surface area (Å²) in [5.41, 5.74) is 0.891. The summed E-state index contributed by atoms with van der Waals surface area (Å²) in [4.78, 5) is 2.68. The van der Waals surface area contributed by atoms with Crippen LogP contribution in [0, 0.1) is 5.41 Å². The average molecular weight is 269 g/mol. The molecule has 1 aliphatic heterocycles. The Hall–Kier alpha value is -0.0800. The maximum Gasteiger partial charge on any atom is 0.0918 e. The van der Waals surface area contributed by atoms with E-state index in [1.165, 1.54) is 56.5 Å². The molecule has 0 atom stereocenters.